The third-order valence-electron chi connectivity index (χ3n) is 5.35. The molecule has 0 bridgehead atoms. The molecule has 0 amide bonds. The van der Waals surface area contributed by atoms with Crippen LogP contribution in [0.2, 0.25) is 0 Å². The SMILES string of the molecule is CC(=O)SC(C)(C)CC(C)(C)c1ccc(C(C)(C)CC(C)(N)C(C)=O)cc1. The Labute approximate surface area is 169 Å². The lowest BCUT2D eigenvalue weighted by Crippen LogP contribution is -2.47. The molecule has 1 atom stereocenters. The topological polar surface area (TPSA) is 60.2 Å². The van der Waals surface area contributed by atoms with Crippen molar-refractivity contribution in [3.63, 3.8) is 0 Å². The van der Waals surface area contributed by atoms with Crippen molar-refractivity contribution in [2.24, 2.45) is 5.73 Å². The van der Waals surface area contributed by atoms with Gasteiger partial charge in [-0.1, -0.05) is 77.6 Å². The quantitative estimate of drug-likeness (QED) is 0.646. The molecule has 1 aromatic rings. The first-order valence-corrected chi connectivity index (χ1v) is 10.4. The zero-order valence-electron chi connectivity index (χ0n) is 18.5. The summed E-state index contributed by atoms with van der Waals surface area (Å²) < 4.78 is -0.115. The maximum Gasteiger partial charge on any atom is 0.186 e. The first-order chi connectivity index (χ1) is 12.0. The van der Waals surface area contributed by atoms with E-state index in [4.69, 9.17) is 5.73 Å². The third-order valence-corrected chi connectivity index (χ3v) is 6.33. The minimum absolute atomic E-state index is 0.0125. The van der Waals surface area contributed by atoms with Gasteiger partial charge in [-0.3, -0.25) is 9.59 Å². The predicted molar refractivity (Wildman–Crippen MR) is 117 cm³/mol. The molecule has 0 radical (unpaired) electrons. The zero-order chi connectivity index (χ0) is 21.3. The van der Waals surface area contributed by atoms with Gasteiger partial charge in [-0.05, 0) is 48.6 Å². The first kappa shape index (κ1) is 23.9. The van der Waals surface area contributed by atoms with Crippen LogP contribution in [-0.4, -0.2) is 21.2 Å². The molecule has 0 aliphatic carbocycles. The second-order valence-electron chi connectivity index (χ2n) is 10.0. The third kappa shape index (κ3) is 6.76. The van der Waals surface area contributed by atoms with Crippen LogP contribution in [0, 0.1) is 0 Å². The predicted octanol–water partition coefficient (Wildman–Crippen LogP) is 5.39. The van der Waals surface area contributed by atoms with E-state index in [9.17, 15) is 9.59 Å². The van der Waals surface area contributed by atoms with Gasteiger partial charge in [0, 0.05) is 11.7 Å². The highest BCUT2D eigenvalue weighted by Crippen LogP contribution is 2.40. The van der Waals surface area contributed by atoms with Gasteiger partial charge < -0.3 is 5.73 Å². The van der Waals surface area contributed by atoms with Crippen LogP contribution in [0.1, 0.15) is 86.3 Å². The van der Waals surface area contributed by atoms with Crippen LogP contribution >= 0.6 is 11.8 Å². The number of benzene rings is 1. The molecule has 1 unspecified atom stereocenters. The number of thioether (sulfide) groups is 1. The fourth-order valence-corrected chi connectivity index (χ4v) is 5.32. The molecule has 27 heavy (non-hydrogen) atoms. The molecule has 3 nitrogen and oxygen atoms in total. The summed E-state index contributed by atoms with van der Waals surface area (Å²) in [5.41, 5.74) is 7.58. The molecule has 0 saturated heterocycles. The summed E-state index contributed by atoms with van der Waals surface area (Å²) in [4.78, 5) is 23.3. The highest BCUT2D eigenvalue weighted by molar-refractivity contribution is 8.14. The standard InChI is InChI=1S/C23H37NO2S/c1-16(25)23(9,24)15-21(5,6)19-12-10-18(11-13-19)20(3,4)14-22(7,8)27-17(2)26/h10-13H,14-15,24H2,1-9H3. The molecule has 0 aliphatic heterocycles. The Morgan fingerprint density at radius 2 is 1.19 bits per heavy atom. The molecule has 2 N–H and O–H groups in total. The largest absolute Gasteiger partial charge is 0.319 e. The molecule has 0 fully saturated rings. The van der Waals surface area contributed by atoms with Gasteiger partial charge in [-0.25, -0.2) is 0 Å². The van der Waals surface area contributed by atoms with Crippen LogP contribution in [0.15, 0.2) is 24.3 Å². The van der Waals surface area contributed by atoms with E-state index in [1.165, 1.54) is 22.9 Å². The number of ketones is 1. The van der Waals surface area contributed by atoms with Gasteiger partial charge in [-0.15, -0.1) is 0 Å². The summed E-state index contributed by atoms with van der Waals surface area (Å²) in [6, 6.07) is 8.65. The fourth-order valence-electron chi connectivity index (χ4n) is 4.11. The van der Waals surface area contributed by atoms with Crippen molar-refractivity contribution in [2.75, 3.05) is 0 Å². The second kappa shape index (κ2) is 8.08. The van der Waals surface area contributed by atoms with Gasteiger partial charge >= 0.3 is 0 Å². The normalized spacial score (nSPS) is 15.3. The average Bonchev–Trinajstić information content (AvgIpc) is 2.43. The molecule has 152 valence electrons. The number of rotatable bonds is 8. The van der Waals surface area contributed by atoms with Crippen molar-refractivity contribution in [3.05, 3.63) is 35.4 Å². The Kier molecular flexibility index (Phi) is 7.16. The van der Waals surface area contributed by atoms with E-state index in [1.54, 1.807) is 13.8 Å². The number of Topliss-reactive ketones (excluding diaryl/α,β-unsaturated/α-hetero) is 1. The van der Waals surface area contributed by atoms with E-state index in [0.717, 1.165) is 6.42 Å². The van der Waals surface area contributed by atoms with Gasteiger partial charge in [0.25, 0.3) is 0 Å². The first-order valence-electron chi connectivity index (χ1n) is 9.59. The Balaban J connectivity index is 3.03. The molecule has 0 aliphatic rings. The van der Waals surface area contributed by atoms with Gasteiger partial charge in [0.1, 0.15) is 5.78 Å². The van der Waals surface area contributed by atoms with Crippen LogP contribution in [0.5, 0.6) is 0 Å². The van der Waals surface area contributed by atoms with E-state index in [1.807, 2.05) is 6.92 Å². The van der Waals surface area contributed by atoms with E-state index in [0.29, 0.717) is 6.42 Å². The second-order valence-corrected chi connectivity index (χ2v) is 11.9. The van der Waals surface area contributed by atoms with Crippen LogP contribution in [0.3, 0.4) is 0 Å². The molecule has 0 saturated carbocycles. The van der Waals surface area contributed by atoms with Crippen LogP contribution < -0.4 is 5.73 Å². The van der Waals surface area contributed by atoms with Crippen LogP contribution in [-0.2, 0) is 20.4 Å². The lowest BCUT2D eigenvalue weighted by atomic mass is 9.72. The number of carbonyl (C=O) groups is 2. The maximum absolute atomic E-state index is 11.8. The van der Waals surface area contributed by atoms with Crippen molar-refractivity contribution in [1.82, 2.24) is 0 Å². The summed E-state index contributed by atoms with van der Waals surface area (Å²) in [5, 5.41) is 0.156. The van der Waals surface area contributed by atoms with E-state index < -0.39 is 5.54 Å². The van der Waals surface area contributed by atoms with E-state index in [2.05, 4.69) is 65.8 Å². The van der Waals surface area contributed by atoms with E-state index >= 15 is 0 Å². The van der Waals surface area contributed by atoms with Gasteiger partial charge in [0.2, 0.25) is 0 Å². The Bertz CT molecular complexity index is 685. The van der Waals surface area contributed by atoms with Crippen molar-refractivity contribution < 1.29 is 9.59 Å². The molecular weight excluding hydrogens is 354 g/mol. The van der Waals surface area contributed by atoms with Crippen LogP contribution in [0.25, 0.3) is 0 Å². The van der Waals surface area contributed by atoms with Gasteiger partial charge in [0.05, 0.1) is 5.54 Å². The number of nitrogens with two attached hydrogens (primary N) is 1. The molecular formula is C23H37NO2S. The number of carbonyl (C=O) groups excluding carboxylic acids is 2. The lowest BCUT2D eigenvalue weighted by molar-refractivity contribution is -0.122. The number of hydrogen-bond acceptors (Lipinski definition) is 4. The zero-order valence-corrected chi connectivity index (χ0v) is 19.3. The van der Waals surface area contributed by atoms with Crippen molar-refractivity contribution in [1.29, 1.82) is 0 Å². The van der Waals surface area contributed by atoms with Gasteiger partial charge in [0.15, 0.2) is 5.12 Å². The molecule has 4 heteroatoms. The highest BCUT2D eigenvalue weighted by atomic mass is 32.2. The summed E-state index contributed by atoms with van der Waals surface area (Å²) >= 11 is 1.41. The smallest absolute Gasteiger partial charge is 0.186 e. The molecule has 1 rings (SSSR count). The molecule has 0 spiro atoms. The molecule has 1 aromatic carbocycles. The van der Waals surface area contributed by atoms with Crippen molar-refractivity contribution >= 4 is 22.7 Å². The monoisotopic (exact) mass is 391 g/mol. The minimum atomic E-state index is -0.824. The summed E-state index contributed by atoms with van der Waals surface area (Å²) in [6.45, 7) is 18.0. The van der Waals surface area contributed by atoms with E-state index in [-0.39, 0.29) is 26.5 Å². The minimum Gasteiger partial charge on any atom is -0.319 e. The Hall–Kier alpha value is -1.13. The Morgan fingerprint density at radius 3 is 1.52 bits per heavy atom. The summed E-state index contributed by atoms with van der Waals surface area (Å²) in [5.74, 6) is 0.0125. The average molecular weight is 392 g/mol. The van der Waals surface area contributed by atoms with Crippen molar-refractivity contribution in [3.8, 4) is 0 Å². The molecule has 0 heterocycles. The maximum atomic E-state index is 11.8. The van der Waals surface area contributed by atoms with Crippen LogP contribution in [0.4, 0.5) is 0 Å². The summed E-state index contributed by atoms with van der Waals surface area (Å²) in [7, 11) is 0. The number of hydrogen-bond donors (Lipinski definition) is 1. The summed E-state index contributed by atoms with van der Waals surface area (Å²) in [6.07, 6.45) is 1.50. The van der Waals surface area contributed by atoms with Gasteiger partial charge in [-0.2, -0.15) is 0 Å². The van der Waals surface area contributed by atoms with Crippen molar-refractivity contribution in [2.45, 2.75) is 96.3 Å². The fraction of sp³-hybridized carbons (Fsp3) is 0.652. The Morgan fingerprint density at radius 1 is 0.815 bits per heavy atom. The molecule has 0 aromatic heterocycles. The lowest BCUT2D eigenvalue weighted by Gasteiger charge is -2.36. The highest BCUT2D eigenvalue weighted by Gasteiger charge is 2.35.